The van der Waals surface area contributed by atoms with Crippen LogP contribution in [-0.4, -0.2) is 70.6 Å². The average molecular weight is 567 g/mol. The molecule has 3 aliphatic rings. The highest BCUT2D eigenvalue weighted by Crippen LogP contribution is 2.39. The summed E-state index contributed by atoms with van der Waals surface area (Å²) in [5.41, 5.74) is 1.60. The monoisotopic (exact) mass is 566 g/mol. The van der Waals surface area contributed by atoms with E-state index in [2.05, 4.69) is 5.32 Å². The number of carbonyl (C=O) groups is 3. The van der Waals surface area contributed by atoms with Crippen LogP contribution in [0.2, 0.25) is 0 Å². The predicted molar refractivity (Wildman–Crippen MR) is 153 cm³/mol. The van der Waals surface area contributed by atoms with Gasteiger partial charge in [-0.05, 0) is 56.1 Å². The highest BCUT2D eigenvalue weighted by atomic mass is 16.6. The van der Waals surface area contributed by atoms with Crippen molar-refractivity contribution in [2.75, 3.05) is 13.2 Å². The number of aldehydes is 1. The molecule has 222 valence electrons. The molecule has 0 unspecified atom stereocenters. The summed E-state index contributed by atoms with van der Waals surface area (Å²) in [7, 11) is 0. The van der Waals surface area contributed by atoms with Crippen molar-refractivity contribution in [3.8, 4) is 11.6 Å². The molecule has 2 amide bonds. The highest BCUT2D eigenvalue weighted by Gasteiger charge is 2.48. The van der Waals surface area contributed by atoms with Crippen molar-refractivity contribution < 1.29 is 28.6 Å². The van der Waals surface area contributed by atoms with E-state index in [1.54, 1.807) is 0 Å². The van der Waals surface area contributed by atoms with Gasteiger partial charge in [-0.2, -0.15) is 0 Å². The number of nitrogens with one attached hydrogen (secondary N) is 1. The van der Waals surface area contributed by atoms with Gasteiger partial charge >= 0.3 is 6.09 Å². The molecule has 1 aromatic carbocycles. The number of nitrogens with zero attached hydrogens (tertiary/aromatic N) is 3. The number of ether oxygens (including phenoxy) is 3. The van der Waals surface area contributed by atoms with Crippen LogP contribution in [0.15, 0.2) is 18.2 Å². The fourth-order valence-corrected chi connectivity index (χ4v) is 5.92. The second-order valence-corrected chi connectivity index (χ2v) is 12.7. The third-order valence-electron chi connectivity index (χ3n) is 8.51. The average Bonchev–Trinajstić information content (AvgIpc) is 3.57. The Hall–Kier alpha value is -3.43. The SMILES string of the molecule is CCOc1ccc2nc3c(nc2c1)O[C@H]1CN(C(=O)[C@H](C(C)(C)C)NC(=O)O[C@@H]2C[C@H]2CCCCC3)[C@H](C=O)[C@@H]1C. The summed E-state index contributed by atoms with van der Waals surface area (Å²) >= 11 is 0. The first kappa shape index (κ1) is 29.1. The fraction of sp³-hybridized carbons (Fsp3) is 0.645. The van der Waals surface area contributed by atoms with Crippen molar-refractivity contribution in [3.63, 3.8) is 0 Å². The number of fused-ring (bicyclic) bond motifs is 5. The standard InChI is InChI=1S/C31H42N4O6/c1-6-39-20-12-13-21-23(15-20)33-28-22(32-21)11-9-7-8-10-19-14-25(19)41-30(38)34-27(31(3,4)5)29(37)35-16-26(40-28)18(2)24(35)17-36/h12-13,15,17-19,24-27H,6-11,14,16H2,1-5H3,(H,34,38)/t18-,19+,24+,25+,26-,27+/m0/s1. The van der Waals surface area contributed by atoms with Gasteiger partial charge < -0.3 is 29.2 Å². The number of aromatic nitrogens is 2. The van der Waals surface area contributed by atoms with Crippen LogP contribution in [-0.2, 0) is 20.7 Å². The van der Waals surface area contributed by atoms with Gasteiger partial charge in [-0.15, -0.1) is 0 Å². The van der Waals surface area contributed by atoms with Crippen LogP contribution in [0.4, 0.5) is 4.79 Å². The predicted octanol–water partition coefficient (Wildman–Crippen LogP) is 4.47. The van der Waals surface area contributed by atoms with Crippen molar-refractivity contribution >= 4 is 29.3 Å². The summed E-state index contributed by atoms with van der Waals surface area (Å²) in [5, 5.41) is 2.82. The minimum absolute atomic E-state index is 0.114. The van der Waals surface area contributed by atoms with Gasteiger partial charge in [-0.3, -0.25) is 4.79 Å². The van der Waals surface area contributed by atoms with Gasteiger partial charge in [0, 0.05) is 12.0 Å². The first-order valence-corrected chi connectivity index (χ1v) is 14.9. The molecule has 2 aliphatic heterocycles. The van der Waals surface area contributed by atoms with Gasteiger partial charge in [-0.1, -0.05) is 40.5 Å². The molecule has 1 aliphatic carbocycles. The molecule has 1 saturated heterocycles. The molecule has 2 aromatic rings. The van der Waals surface area contributed by atoms with Gasteiger partial charge in [0.05, 0.1) is 30.2 Å². The lowest BCUT2D eigenvalue weighted by molar-refractivity contribution is -0.139. The zero-order chi connectivity index (χ0) is 29.3. The lowest BCUT2D eigenvalue weighted by Crippen LogP contribution is -2.56. The van der Waals surface area contributed by atoms with Gasteiger partial charge in [0.1, 0.15) is 36.0 Å². The van der Waals surface area contributed by atoms with Crippen LogP contribution in [0.1, 0.15) is 72.4 Å². The fourth-order valence-electron chi connectivity index (χ4n) is 5.92. The molecule has 3 heterocycles. The van der Waals surface area contributed by atoms with Crippen molar-refractivity contribution in [1.29, 1.82) is 0 Å². The van der Waals surface area contributed by atoms with Crippen LogP contribution >= 0.6 is 0 Å². The zero-order valence-corrected chi connectivity index (χ0v) is 24.7. The van der Waals surface area contributed by atoms with E-state index in [1.165, 1.54) is 4.90 Å². The molecule has 6 atom stereocenters. The normalized spacial score (nSPS) is 29.2. The Morgan fingerprint density at radius 2 is 1.90 bits per heavy atom. The molecular formula is C31H42N4O6. The van der Waals surface area contributed by atoms with Crippen LogP contribution in [0, 0.1) is 17.3 Å². The van der Waals surface area contributed by atoms with E-state index in [4.69, 9.17) is 24.2 Å². The number of alkyl carbamates (subject to hydrolysis) is 1. The van der Waals surface area contributed by atoms with E-state index in [0.717, 1.165) is 49.6 Å². The third kappa shape index (κ3) is 6.41. The van der Waals surface area contributed by atoms with Crippen molar-refractivity contribution in [2.24, 2.45) is 17.3 Å². The van der Waals surface area contributed by atoms with Crippen LogP contribution in [0.3, 0.4) is 0 Å². The number of rotatable bonds is 3. The number of carbonyl (C=O) groups excluding carboxylic acids is 3. The summed E-state index contributed by atoms with van der Waals surface area (Å²) in [4.78, 5) is 50.4. The first-order valence-electron chi connectivity index (χ1n) is 14.9. The molecule has 2 fully saturated rings. The molecule has 1 N–H and O–H groups in total. The maximum Gasteiger partial charge on any atom is 0.408 e. The van der Waals surface area contributed by atoms with Crippen molar-refractivity contribution in [2.45, 2.75) is 97.4 Å². The Balaban J connectivity index is 1.49. The second kappa shape index (κ2) is 11.8. The van der Waals surface area contributed by atoms with Crippen LogP contribution in [0.25, 0.3) is 11.0 Å². The zero-order valence-electron chi connectivity index (χ0n) is 24.7. The lowest BCUT2D eigenvalue weighted by Gasteiger charge is -2.34. The maximum atomic E-state index is 13.9. The summed E-state index contributed by atoms with van der Waals surface area (Å²) in [6.07, 6.45) is 5.11. The van der Waals surface area contributed by atoms with E-state index in [-0.39, 0.29) is 24.5 Å². The Morgan fingerprint density at radius 1 is 1.10 bits per heavy atom. The molecular weight excluding hydrogens is 524 g/mol. The number of hydrogen-bond donors (Lipinski definition) is 1. The van der Waals surface area contributed by atoms with Gasteiger partial charge in [0.15, 0.2) is 0 Å². The third-order valence-corrected chi connectivity index (χ3v) is 8.51. The van der Waals surface area contributed by atoms with Crippen LogP contribution in [0.5, 0.6) is 11.6 Å². The number of hydrogen-bond acceptors (Lipinski definition) is 8. The maximum absolute atomic E-state index is 13.9. The molecule has 1 saturated carbocycles. The molecule has 10 nitrogen and oxygen atoms in total. The number of aryl methyl sites for hydroxylation is 1. The Kier molecular flexibility index (Phi) is 8.38. The van der Waals surface area contributed by atoms with E-state index in [9.17, 15) is 14.4 Å². The summed E-state index contributed by atoms with van der Waals surface area (Å²) in [6, 6.07) is 4.09. The minimum Gasteiger partial charge on any atom is -0.494 e. The second-order valence-electron chi connectivity index (χ2n) is 12.7. The van der Waals surface area contributed by atoms with Gasteiger partial charge in [0.2, 0.25) is 11.8 Å². The smallest absolute Gasteiger partial charge is 0.408 e. The largest absolute Gasteiger partial charge is 0.494 e. The summed E-state index contributed by atoms with van der Waals surface area (Å²) in [6.45, 7) is 10.2. The molecule has 0 spiro atoms. The molecule has 5 rings (SSSR count). The van der Waals surface area contributed by atoms with Gasteiger partial charge in [0.25, 0.3) is 0 Å². The Labute approximate surface area is 241 Å². The molecule has 0 radical (unpaired) electrons. The quantitative estimate of drug-likeness (QED) is 0.541. The minimum atomic E-state index is -0.868. The molecule has 10 heteroatoms. The number of amides is 2. The Morgan fingerprint density at radius 3 is 2.63 bits per heavy atom. The van der Waals surface area contributed by atoms with Crippen molar-refractivity contribution in [3.05, 3.63) is 23.9 Å². The topological polar surface area (TPSA) is 120 Å². The van der Waals surface area contributed by atoms with Crippen molar-refractivity contribution in [1.82, 2.24) is 20.2 Å². The van der Waals surface area contributed by atoms with Crippen LogP contribution < -0.4 is 14.8 Å². The van der Waals surface area contributed by atoms with E-state index < -0.39 is 29.7 Å². The summed E-state index contributed by atoms with van der Waals surface area (Å²) < 4.78 is 17.9. The van der Waals surface area contributed by atoms with E-state index >= 15 is 0 Å². The highest BCUT2D eigenvalue weighted by molar-refractivity contribution is 5.89. The summed E-state index contributed by atoms with van der Waals surface area (Å²) in [5.74, 6) is 0.864. The lowest BCUT2D eigenvalue weighted by atomic mass is 9.85. The van der Waals surface area contributed by atoms with E-state index in [1.807, 2.05) is 52.8 Å². The molecule has 41 heavy (non-hydrogen) atoms. The Bertz CT molecular complexity index is 1290. The van der Waals surface area contributed by atoms with Gasteiger partial charge in [-0.25, -0.2) is 14.8 Å². The number of benzene rings is 1. The first-order chi connectivity index (χ1) is 19.6. The molecule has 1 aromatic heterocycles. The molecule has 2 bridgehead atoms. The van der Waals surface area contributed by atoms with E-state index in [0.29, 0.717) is 36.1 Å².